The van der Waals surface area contributed by atoms with Crippen LogP contribution in [0.4, 0.5) is 0 Å². The maximum Gasteiger partial charge on any atom is 0.0462 e. The summed E-state index contributed by atoms with van der Waals surface area (Å²) < 4.78 is 1.04. The van der Waals surface area contributed by atoms with Crippen LogP contribution in [0.15, 0.2) is 22.7 Å². The van der Waals surface area contributed by atoms with Crippen molar-refractivity contribution >= 4 is 27.5 Å². The van der Waals surface area contributed by atoms with Crippen LogP contribution in [-0.2, 0) is 6.54 Å². The lowest BCUT2D eigenvalue weighted by molar-refractivity contribution is 0.0900. The van der Waals surface area contributed by atoms with E-state index in [1.54, 1.807) is 0 Å². The van der Waals surface area contributed by atoms with Gasteiger partial charge in [-0.15, -0.1) is 0 Å². The molecule has 1 aliphatic heterocycles. The normalized spacial score (nSPS) is 24.3. The number of benzene rings is 1. The number of halogens is 2. The van der Waals surface area contributed by atoms with Crippen molar-refractivity contribution in [1.29, 1.82) is 0 Å². The van der Waals surface area contributed by atoms with E-state index in [4.69, 9.17) is 11.6 Å². The van der Waals surface area contributed by atoms with Crippen molar-refractivity contribution in [3.8, 4) is 0 Å². The molecule has 2 atom stereocenters. The second kappa shape index (κ2) is 7.26. The van der Waals surface area contributed by atoms with Crippen molar-refractivity contribution in [3.63, 3.8) is 0 Å². The lowest BCUT2D eigenvalue weighted by Crippen LogP contribution is -2.57. The molecule has 1 saturated heterocycles. The molecule has 0 bridgehead atoms. The number of rotatable bonds is 4. The van der Waals surface area contributed by atoms with Crippen LogP contribution in [0.5, 0.6) is 0 Å². The van der Waals surface area contributed by atoms with Gasteiger partial charge in [-0.3, -0.25) is 4.90 Å². The zero-order chi connectivity index (χ0) is 14.7. The maximum atomic E-state index is 6.37. The molecule has 2 nitrogen and oxygen atoms in total. The van der Waals surface area contributed by atoms with Gasteiger partial charge in [0.1, 0.15) is 0 Å². The smallest absolute Gasteiger partial charge is 0.0462 e. The Bertz CT molecular complexity index is 450. The third-order valence-electron chi connectivity index (χ3n) is 4.19. The van der Waals surface area contributed by atoms with Crippen LogP contribution in [0, 0.1) is 5.92 Å². The topological polar surface area (TPSA) is 15.3 Å². The fraction of sp³-hybridized carbons (Fsp3) is 0.625. The molecule has 2 rings (SSSR count). The summed E-state index contributed by atoms with van der Waals surface area (Å²) in [6, 6.07) is 7.37. The van der Waals surface area contributed by atoms with E-state index < -0.39 is 0 Å². The first kappa shape index (κ1) is 16.3. The lowest BCUT2D eigenvalue weighted by atomic mass is 9.97. The molecule has 0 aromatic heterocycles. The Kier molecular flexibility index (Phi) is 5.91. The lowest BCUT2D eigenvalue weighted by Gasteiger charge is -2.42. The molecule has 0 saturated carbocycles. The fourth-order valence-electron chi connectivity index (χ4n) is 2.88. The van der Waals surface area contributed by atoms with Gasteiger partial charge in [0.2, 0.25) is 0 Å². The van der Waals surface area contributed by atoms with E-state index in [9.17, 15) is 0 Å². The van der Waals surface area contributed by atoms with E-state index in [1.165, 1.54) is 12.0 Å². The standard InChI is InChI=1S/C16H24BrClN2/c1-4-14-10-20(16(8-19-14)11(2)3)9-12-5-6-13(17)7-15(12)18/h5-7,11,14,16,19H,4,8-10H2,1-3H3. The molecule has 1 fully saturated rings. The number of hydrogen-bond acceptors (Lipinski definition) is 2. The van der Waals surface area contributed by atoms with Crippen molar-refractivity contribution in [1.82, 2.24) is 10.2 Å². The zero-order valence-electron chi connectivity index (χ0n) is 12.5. The van der Waals surface area contributed by atoms with Crippen molar-refractivity contribution in [2.75, 3.05) is 13.1 Å². The summed E-state index contributed by atoms with van der Waals surface area (Å²) in [6.45, 7) is 9.96. The third kappa shape index (κ3) is 3.97. The van der Waals surface area contributed by atoms with Gasteiger partial charge >= 0.3 is 0 Å². The molecule has 0 radical (unpaired) electrons. The highest BCUT2D eigenvalue weighted by molar-refractivity contribution is 9.10. The summed E-state index contributed by atoms with van der Waals surface area (Å²) >= 11 is 9.84. The van der Waals surface area contributed by atoms with Crippen molar-refractivity contribution < 1.29 is 0 Å². The Morgan fingerprint density at radius 1 is 1.45 bits per heavy atom. The Balaban J connectivity index is 2.14. The van der Waals surface area contributed by atoms with Gasteiger partial charge in [0, 0.05) is 41.2 Å². The van der Waals surface area contributed by atoms with E-state index in [0.29, 0.717) is 18.0 Å². The second-order valence-corrected chi connectivity index (χ2v) is 7.31. The quantitative estimate of drug-likeness (QED) is 0.861. The Hall–Kier alpha value is -0.0900. The molecule has 112 valence electrons. The van der Waals surface area contributed by atoms with Crippen LogP contribution in [0.2, 0.25) is 5.02 Å². The molecule has 1 aromatic rings. The number of hydrogen-bond donors (Lipinski definition) is 1. The Morgan fingerprint density at radius 2 is 2.20 bits per heavy atom. The molecule has 1 aromatic carbocycles. The number of nitrogens with zero attached hydrogens (tertiary/aromatic N) is 1. The number of nitrogens with one attached hydrogen (secondary N) is 1. The van der Waals surface area contributed by atoms with Crippen LogP contribution >= 0.6 is 27.5 Å². The minimum Gasteiger partial charge on any atom is -0.311 e. The molecule has 1 heterocycles. The van der Waals surface area contributed by atoms with E-state index in [0.717, 1.165) is 29.1 Å². The SMILES string of the molecule is CCC1CN(Cc2ccc(Br)cc2Cl)C(C(C)C)CN1. The van der Waals surface area contributed by atoms with Gasteiger partial charge in [-0.2, -0.15) is 0 Å². The van der Waals surface area contributed by atoms with Crippen molar-refractivity contribution in [2.45, 2.75) is 45.8 Å². The van der Waals surface area contributed by atoms with E-state index in [-0.39, 0.29) is 0 Å². The highest BCUT2D eigenvalue weighted by atomic mass is 79.9. The van der Waals surface area contributed by atoms with E-state index in [1.807, 2.05) is 6.07 Å². The maximum absolute atomic E-state index is 6.37. The highest BCUT2D eigenvalue weighted by Gasteiger charge is 2.29. The van der Waals surface area contributed by atoms with Gasteiger partial charge in [-0.05, 0) is 30.0 Å². The summed E-state index contributed by atoms with van der Waals surface area (Å²) in [6.07, 6.45) is 1.18. The minimum absolute atomic E-state index is 0.581. The molecule has 0 amide bonds. The van der Waals surface area contributed by atoms with Crippen LogP contribution in [0.3, 0.4) is 0 Å². The van der Waals surface area contributed by atoms with Gasteiger partial charge in [0.15, 0.2) is 0 Å². The van der Waals surface area contributed by atoms with Gasteiger partial charge in [0.25, 0.3) is 0 Å². The van der Waals surface area contributed by atoms with Crippen LogP contribution in [0.1, 0.15) is 32.8 Å². The largest absolute Gasteiger partial charge is 0.311 e. The summed E-state index contributed by atoms with van der Waals surface area (Å²) in [5, 5.41) is 4.51. The molecule has 20 heavy (non-hydrogen) atoms. The summed E-state index contributed by atoms with van der Waals surface area (Å²) in [5.41, 5.74) is 1.22. The van der Waals surface area contributed by atoms with E-state index in [2.05, 4.69) is 59.1 Å². The molecule has 0 aliphatic carbocycles. The third-order valence-corrected chi connectivity index (χ3v) is 5.04. The molecule has 2 unspecified atom stereocenters. The van der Waals surface area contributed by atoms with Gasteiger partial charge in [-0.25, -0.2) is 0 Å². The predicted octanol–water partition coefficient (Wildman–Crippen LogP) is 4.31. The molecular weight excluding hydrogens is 336 g/mol. The average molecular weight is 360 g/mol. The summed E-state index contributed by atoms with van der Waals surface area (Å²) in [5.74, 6) is 0.648. The molecule has 4 heteroatoms. The first-order valence-corrected chi connectivity index (χ1v) is 8.59. The van der Waals surface area contributed by atoms with Crippen molar-refractivity contribution in [2.24, 2.45) is 5.92 Å². The van der Waals surface area contributed by atoms with Crippen LogP contribution in [0.25, 0.3) is 0 Å². The van der Waals surface area contributed by atoms with Gasteiger partial charge in [0.05, 0.1) is 0 Å². The molecule has 1 aliphatic rings. The van der Waals surface area contributed by atoms with E-state index >= 15 is 0 Å². The predicted molar refractivity (Wildman–Crippen MR) is 90.3 cm³/mol. The molecule has 0 spiro atoms. The summed E-state index contributed by atoms with van der Waals surface area (Å²) in [4.78, 5) is 2.59. The second-order valence-electron chi connectivity index (χ2n) is 5.99. The first-order chi connectivity index (χ1) is 9.51. The van der Waals surface area contributed by atoms with Crippen molar-refractivity contribution in [3.05, 3.63) is 33.3 Å². The Labute approximate surface area is 136 Å². The first-order valence-electron chi connectivity index (χ1n) is 7.42. The van der Waals surface area contributed by atoms with Crippen LogP contribution < -0.4 is 5.32 Å². The van der Waals surface area contributed by atoms with Crippen LogP contribution in [-0.4, -0.2) is 30.1 Å². The molecular formula is C16H24BrClN2. The highest BCUT2D eigenvalue weighted by Crippen LogP contribution is 2.25. The monoisotopic (exact) mass is 358 g/mol. The Morgan fingerprint density at radius 3 is 2.80 bits per heavy atom. The van der Waals surface area contributed by atoms with Gasteiger partial charge in [-0.1, -0.05) is 54.4 Å². The molecule has 1 N–H and O–H groups in total. The summed E-state index contributed by atoms with van der Waals surface area (Å²) in [7, 11) is 0. The zero-order valence-corrected chi connectivity index (χ0v) is 14.8. The number of piperazine rings is 1. The average Bonchev–Trinajstić information content (AvgIpc) is 2.41. The fourth-order valence-corrected chi connectivity index (χ4v) is 3.61. The minimum atomic E-state index is 0.581. The van der Waals surface area contributed by atoms with Gasteiger partial charge < -0.3 is 5.32 Å².